The lowest BCUT2D eigenvalue weighted by molar-refractivity contribution is -0.114. The number of rotatable bonds is 38. The van der Waals surface area contributed by atoms with Gasteiger partial charge >= 0.3 is 0 Å². The minimum atomic E-state index is -0.108. The molecule has 0 saturated heterocycles. The molecule has 286 valence electrons. The van der Waals surface area contributed by atoms with Gasteiger partial charge in [0.05, 0.1) is 139 Å². The molecule has 0 aliphatic heterocycles. The molecule has 1 N–H and O–H groups in total. The topological polar surface area (TPSA) is 140 Å². The van der Waals surface area contributed by atoms with Crippen molar-refractivity contribution in [3.8, 4) is 5.75 Å². The quantitative estimate of drug-likeness (QED) is 0.101. The maximum atomic E-state index is 11.0. The van der Waals surface area contributed by atoms with E-state index in [1.54, 1.807) is 24.3 Å². The van der Waals surface area contributed by atoms with Crippen molar-refractivity contribution < 1.29 is 61.6 Å². The summed E-state index contributed by atoms with van der Waals surface area (Å²) in [7, 11) is 0. The van der Waals surface area contributed by atoms with E-state index in [-0.39, 0.29) is 5.91 Å². The van der Waals surface area contributed by atoms with Crippen molar-refractivity contribution in [2.45, 2.75) is 27.2 Å². The molecule has 14 heteroatoms. The second-order valence-corrected chi connectivity index (χ2v) is 10.8. The Balaban J connectivity index is 1.65. The predicted octanol–water partition coefficient (Wildman–Crippen LogP) is 3.25. The fourth-order valence-corrected chi connectivity index (χ4v) is 3.66. The number of carbonyl (C=O) groups is 1. The van der Waals surface area contributed by atoms with E-state index in [1.165, 1.54) is 6.92 Å². The third kappa shape index (κ3) is 33.0. The zero-order valence-electron chi connectivity index (χ0n) is 30.2. The Kier molecular flexibility index (Phi) is 33.0. The maximum Gasteiger partial charge on any atom is 0.221 e. The molecule has 1 aromatic rings. The average Bonchev–Trinajstić information content (AvgIpc) is 3.10. The molecule has 14 nitrogen and oxygen atoms in total. The summed E-state index contributed by atoms with van der Waals surface area (Å²) < 4.78 is 66.0. The highest BCUT2D eigenvalue weighted by Gasteiger charge is 2.00. The first-order valence-corrected chi connectivity index (χ1v) is 17.5. The lowest BCUT2D eigenvalue weighted by atomic mass is 10.1. The first-order chi connectivity index (χ1) is 24.1. The Morgan fingerprint density at radius 1 is 0.490 bits per heavy atom. The molecule has 0 heterocycles. The van der Waals surface area contributed by atoms with E-state index in [9.17, 15) is 4.79 Å². The van der Waals surface area contributed by atoms with Crippen molar-refractivity contribution in [3.63, 3.8) is 0 Å². The third-order valence-corrected chi connectivity index (χ3v) is 6.49. The number of ether oxygens (including phenoxy) is 12. The van der Waals surface area contributed by atoms with Gasteiger partial charge in [0, 0.05) is 19.2 Å². The van der Waals surface area contributed by atoms with Crippen LogP contribution < -0.4 is 10.1 Å². The molecule has 1 unspecified atom stereocenters. The van der Waals surface area contributed by atoms with E-state index >= 15 is 0 Å². The highest BCUT2D eigenvalue weighted by Crippen LogP contribution is 2.15. The molecule has 1 amide bonds. The Hall–Kier alpha value is -1.95. The summed E-state index contributed by atoms with van der Waals surface area (Å²) in [5, 5.41) is 2.71. The number of amides is 1. The second-order valence-electron chi connectivity index (χ2n) is 10.8. The molecule has 49 heavy (non-hydrogen) atoms. The summed E-state index contributed by atoms with van der Waals surface area (Å²) >= 11 is 0. The Morgan fingerprint density at radius 2 is 0.776 bits per heavy atom. The van der Waals surface area contributed by atoms with Gasteiger partial charge < -0.3 is 62.2 Å². The zero-order chi connectivity index (χ0) is 35.3. The molecule has 0 aromatic heterocycles. The first kappa shape index (κ1) is 45.1. The van der Waals surface area contributed by atoms with E-state index in [4.69, 9.17) is 56.8 Å². The number of nitrogens with one attached hydrogen (secondary N) is 1. The predicted molar refractivity (Wildman–Crippen MR) is 185 cm³/mol. The van der Waals surface area contributed by atoms with Crippen LogP contribution in [-0.4, -0.2) is 158 Å². The number of hydrogen-bond acceptors (Lipinski definition) is 13. The number of benzene rings is 1. The van der Waals surface area contributed by atoms with E-state index in [0.29, 0.717) is 151 Å². The molecular weight excluding hydrogens is 642 g/mol. The molecule has 0 radical (unpaired) electrons. The van der Waals surface area contributed by atoms with Crippen LogP contribution in [0.5, 0.6) is 5.75 Å². The number of carbonyl (C=O) groups excluding carboxylic acids is 1. The van der Waals surface area contributed by atoms with Crippen molar-refractivity contribution in [1.82, 2.24) is 0 Å². The molecule has 0 aliphatic carbocycles. The van der Waals surface area contributed by atoms with Crippen LogP contribution in [0.3, 0.4) is 0 Å². The van der Waals surface area contributed by atoms with Gasteiger partial charge in [-0.25, -0.2) is 0 Å². The van der Waals surface area contributed by atoms with Gasteiger partial charge in [0.1, 0.15) is 12.4 Å². The van der Waals surface area contributed by atoms with Gasteiger partial charge in [0.15, 0.2) is 0 Å². The summed E-state index contributed by atoms with van der Waals surface area (Å²) in [6.45, 7) is 17.9. The molecule has 1 atom stereocenters. The van der Waals surface area contributed by atoms with Gasteiger partial charge in [-0.1, -0.05) is 20.3 Å². The zero-order valence-corrected chi connectivity index (χ0v) is 30.2. The van der Waals surface area contributed by atoms with Gasteiger partial charge in [-0.3, -0.25) is 4.79 Å². The summed E-state index contributed by atoms with van der Waals surface area (Å²) in [6, 6.07) is 7.18. The van der Waals surface area contributed by atoms with Gasteiger partial charge in [0.25, 0.3) is 0 Å². The van der Waals surface area contributed by atoms with E-state index in [1.807, 2.05) is 0 Å². The lowest BCUT2D eigenvalue weighted by Gasteiger charge is -2.10. The van der Waals surface area contributed by atoms with Crippen LogP contribution in [0.15, 0.2) is 24.3 Å². The van der Waals surface area contributed by atoms with Crippen LogP contribution in [0.4, 0.5) is 5.69 Å². The minimum absolute atomic E-state index is 0.108. The van der Waals surface area contributed by atoms with E-state index in [2.05, 4.69) is 19.2 Å². The van der Waals surface area contributed by atoms with Crippen molar-refractivity contribution in [2.24, 2.45) is 5.92 Å². The van der Waals surface area contributed by atoms with Crippen LogP contribution in [0.25, 0.3) is 0 Å². The molecule has 1 aromatic carbocycles. The normalized spacial score (nSPS) is 12.0. The summed E-state index contributed by atoms with van der Waals surface area (Å²) in [5.74, 6) is 1.20. The van der Waals surface area contributed by atoms with Gasteiger partial charge in [-0.2, -0.15) is 0 Å². The highest BCUT2D eigenvalue weighted by molar-refractivity contribution is 5.88. The van der Waals surface area contributed by atoms with Gasteiger partial charge in [-0.15, -0.1) is 0 Å². The number of anilines is 1. The smallest absolute Gasteiger partial charge is 0.221 e. The Morgan fingerprint density at radius 3 is 1.06 bits per heavy atom. The average molecular weight is 706 g/mol. The van der Waals surface area contributed by atoms with Gasteiger partial charge in [-0.05, 0) is 30.2 Å². The van der Waals surface area contributed by atoms with Crippen molar-refractivity contribution in [3.05, 3.63) is 24.3 Å². The summed E-state index contributed by atoms with van der Waals surface area (Å²) in [6.07, 6.45) is 1.13. The maximum absolute atomic E-state index is 11.0. The van der Waals surface area contributed by atoms with Crippen LogP contribution >= 0.6 is 0 Å². The van der Waals surface area contributed by atoms with Crippen molar-refractivity contribution in [1.29, 1.82) is 0 Å². The first-order valence-electron chi connectivity index (χ1n) is 17.5. The second kappa shape index (κ2) is 35.9. The largest absolute Gasteiger partial charge is 0.491 e. The van der Waals surface area contributed by atoms with Crippen LogP contribution in [0, 0.1) is 5.92 Å². The molecule has 0 bridgehead atoms. The Bertz CT molecular complexity index is 834. The van der Waals surface area contributed by atoms with E-state index < -0.39 is 0 Å². The van der Waals surface area contributed by atoms with Crippen LogP contribution in [0.1, 0.15) is 27.2 Å². The van der Waals surface area contributed by atoms with Crippen molar-refractivity contribution >= 4 is 11.6 Å². The van der Waals surface area contributed by atoms with E-state index in [0.717, 1.165) is 24.5 Å². The highest BCUT2D eigenvalue weighted by atomic mass is 16.6. The fourth-order valence-electron chi connectivity index (χ4n) is 3.66. The molecule has 0 spiro atoms. The van der Waals surface area contributed by atoms with Crippen molar-refractivity contribution in [2.75, 3.05) is 157 Å². The molecule has 0 fully saturated rings. The van der Waals surface area contributed by atoms with Gasteiger partial charge in [0.2, 0.25) is 5.91 Å². The summed E-state index contributed by atoms with van der Waals surface area (Å²) in [5.41, 5.74) is 0.732. The lowest BCUT2D eigenvalue weighted by Crippen LogP contribution is -2.15. The van der Waals surface area contributed by atoms with Crippen LogP contribution in [0.2, 0.25) is 0 Å². The molecular formula is C35H63NO13. The molecule has 1 rings (SSSR count). The summed E-state index contributed by atoms with van der Waals surface area (Å²) in [4.78, 5) is 11.0. The Labute approximate surface area is 293 Å². The minimum Gasteiger partial charge on any atom is -0.491 e. The van der Waals surface area contributed by atoms with Crippen LogP contribution in [-0.2, 0) is 56.9 Å². The third-order valence-electron chi connectivity index (χ3n) is 6.49. The fraction of sp³-hybridized carbons (Fsp3) is 0.800. The molecule has 0 saturated carbocycles. The standard InChI is InChI=1S/C35H63NO13/c1-4-32(2)31-48-28-27-46-24-23-44-20-19-42-16-15-40-12-11-38-9-10-39-13-14-41-17-18-43-21-22-45-25-26-47-29-30-49-35-7-5-34(6-8-35)36-33(3)37/h5-8,32H,4,9-31H2,1-3H3,(H,36,37). The SMILES string of the molecule is CCC(C)COCCOCCOCCOCCOCCOCCOCCOCCOCCOCCOCCOc1ccc(NC(C)=O)cc1. The monoisotopic (exact) mass is 705 g/mol. The number of hydrogen-bond donors (Lipinski definition) is 1. The molecule has 0 aliphatic rings.